The topological polar surface area (TPSA) is 95.1 Å². The Morgan fingerprint density at radius 1 is 1.36 bits per heavy atom. The van der Waals surface area contributed by atoms with Crippen molar-refractivity contribution >= 4 is 28.2 Å². The number of aromatic nitrogens is 2. The van der Waals surface area contributed by atoms with Gasteiger partial charge in [0.05, 0.1) is 24.7 Å². The fourth-order valence-corrected chi connectivity index (χ4v) is 2.88. The average molecular weight is 300 g/mol. The number of carbonyl (C=O) groups excluding carboxylic acids is 2. The zero-order valence-corrected chi connectivity index (χ0v) is 12.3. The molecule has 1 atom stereocenters. The number of hydrogen-bond acceptors (Lipinski definition) is 5. The highest BCUT2D eigenvalue weighted by molar-refractivity contribution is 6.01. The van der Waals surface area contributed by atoms with Crippen LogP contribution in [0.2, 0.25) is 0 Å². The minimum atomic E-state index is -1.81. The SMILES string of the molecule is [2H][C@@]1(n2c(C)nc3cccc(N)c3c2=O)CCCC(=O)CC1=O. The van der Waals surface area contributed by atoms with Crippen LogP contribution in [0.1, 0.15) is 38.9 Å². The zero-order chi connectivity index (χ0) is 16.8. The predicted octanol–water partition coefficient (Wildman–Crippen LogP) is 1.54. The van der Waals surface area contributed by atoms with Crippen LogP contribution in [-0.4, -0.2) is 21.1 Å². The summed E-state index contributed by atoms with van der Waals surface area (Å²) in [7, 11) is 0. The highest BCUT2D eigenvalue weighted by Crippen LogP contribution is 2.24. The summed E-state index contributed by atoms with van der Waals surface area (Å²) < 4.78 is 9.70. The van der Waals surface area contributed by atoms with E-state index >= 15 is 0 Å². The van der Waals surface area contributed by atoms with Gasteiger partial charge in [-0.25, -0.2) is 4.98 Å². The zero-order valence-electron chi connectivity index (χ0n) is 13.3. The van der Waals surface area contributed by atoms with Gasteiger partial charge in [-0.3, -0.25) is 19.0 Å². The lowest BCUT2D eigenvalue weighted by Gasteiger charge is -2.19. The average Bonchev–Trinajstić information content (AvgIpc) is 2.58. The van der Waals surface area contributed by atoms with Crippen LogP contribution >= 0.6 is 0 Å². The molecule has 1 saturated carbocycles. The van der Waals surface area contributed by atoms with Crippen molar-refractivity contribution in [2.24, 2.45) is 0 Å². The van der Waals surface area contributed by atoms with Gasteiger partial charge in [-0.2, -0.15) is 0 Å². The summed E-state index contributed by atoms with van der Waals surface area (Å²) in [5.41, 5.74) is 6.07. The Bertz CT molecular complexity index is 890. The van der Waals surface area contributed by atoms with Gasteiger partial charge in [0.15, 0.2) is 5.78 Å². The number of rotatable bonds is 1. The molecule has 1 aliphatic carbocycles. The Kier molecular flexibility index (Phi) is 3.21. The minimum Gasteiger partial charge on any atom is -0.398 e. The number of Topliss-reactive ketones (excluding diaryl/α,β-unsaturated/α-hetero) is 2. The molecule has 1 aromatic carbocycles. The van der Waals surface area contributed by atoms with E-state index in [0.717, 1.165) is 4.57 Å². The number of anilines is 1. The number of nitrogens with two attached hydrogens (primary N) is 1. The van der Waals surface area contributed by atoms with Crippen molar-refractivity contribution in [2.45, 2.75) is 38.6 Å². The molecule has 22 heavy (non-hydrogen) atoms. The summed E-state index contributed by atoms with van der Waals surface area (Å²) in [6.45, 7) is 1.58. The fourth-order valence-electron chi connectivity index (χ4n) is 2.88. The molecule has 6 nitrogen and oxygen atoms in total. The highest BCUT2D eigenvalue weighted by atomic mass is 16.2. The smallest absolute Gasteiger partial charge is 0.264 e. The number of ketones is 2. The Morgan fingerprint density at radius 3 is 2.91 bits per heavy atom. The minimum absolute atomic E-state index is 0.109. The molecule has 0 amide bonds. The maximum atomic E-state index is 12.9. The molecule has 6 heteroatoms. The molecule has 2 aromatic rings. The second-order valence-corrected chi connectivity index (χ2v) is 5.48. The molecule has 0 saturated heterocycles. The monoisotopic (exact) mass is 300 g/mol. The number of nitrogens with zero attached hydrogens (tertiary/aromatic N) is 2. The van der Waals surface area contributed by atoms with E-state index < -0.39 is 17.4 Å². The van der Waals surface area contributed by atoms with Gasteiger partial charge < -0.3 is 5.73 Å². The third-order valence-corrected chi connectivity index (χ3v) is 3.92. The second kappa shape index (κ2) is 5.36. The Morgan fingerprint density at radius 2 is 2.14 bits per heavy atom. The number of hydrogen-bond donors (Lipinski definition) is 1. The highest BCUT2D eigenvalue weighted by Gasteiger charge is 2.28. The van der Waals surface area contributed by atoms with Gasteiger partial charge >= 0.3 is 0 Å². The quantitative estimate of drug-likeness (QED) is 0.489. The number of carbonyl (C=O) groups is 2. The number of benzene rings is 1. The van der Waals surface area contributed by atoms with Crippen LogP contribution < -0.4 is 11.3 Å². The molecule has 1 aromatic heterocycles. The van der Waals surface area contributed by atoms with Crippen LogP contribution in [0, 0.1) is 6.92 Å². The van der Waals surface area contributed by atoms with Crippen molar-refractivity contribution in [1.29, 1.82) is 0 Å². The lowest BCUT2D eigenvalue weighted by Crippen LogP contribution is -2.32. The van der Waals surface area contributed by atoms with Crippen molar-refractivity contribution in [3.8, 4) is 0 Å². The van der Waals surface area contributed by atoms with Crippen molar-refractivity contribution < 1.29 is 11.0 Å². The fraction of sp³-hybridized carbons (Fsp3) is 0.375. The Hall–Kier alpha value is -2.50. The second-order valence-electron chi connectivity index (χ2n) is 5.48. The molecular formula is C16H17N3O3. The van der Waals surface area contributed by atoms with E-state index in [0.29, 0.717) is 11.9 Å². The predicted molar refractivity (Wildman–Crippen MR) is 82.7 cm³/mol. The lowest BCUT2D eigenvalue weighted by atomic mass is 10.1. The standard InChI is InChI=1S/C16H17N3O3/c1-9-18-12-6-3-5-11(17)15(12)16(22)19(9)13-7-2-4-10(20)8-14(13)21/h3,5-6,13H,2,4,7-8,17H2,1H3/t13-/m1/s1/i13D. The summed E-state index contributed by atoms with van der Waals surface area (Å²) in [5.74, 6) is -0.491. The van der Waals surface area contributed by atoms with Crippen LogP contribution in [0.4, 0.5) is 5.69 Å². The summed E-state index contributed by atoms with van der Waals surface area (Å²) in [6.07, 6.45) is 0.432. The molecule has 1 aliphatic rings. The first-order valence-electron chi connectivity index (χ1n) is 7.68. The van der Waals surface area contributed by atoms with Crippen LogP contribution in [0.15, 0.2) is 23.0 Å². The van der Waals surface area contributed by atoms with E-state index in [1.807, 2.05) is 0 Å². The van der Waals surface area contributed by atoms with Crippen molar-refractivity contribution in [2.75, 3.05) is 5.73 Å². The van der Waals surface area contributed by atoms with Crippen molar-refractivity contribution in [3.05, 3.63) is 34.4 Å². The molecular weight excluding hydrogens is 282 g/mol. The maximum Gasteiger partial charge on any atom is 0.264 e. The third-order valence-electron chi connectivity index (χ3n) is 3.92. The van der Waals surface area contributed by atoms with Gasteiger partial charge in [0, 0.05) is 12.1 Å². The molecule has 0 radical (unpaired) electrons. The lowest BCUT2D eigenvalue weighted by molar-refractivity contribution is -0.127. The molecule has 0 unspecified atom stereocenters. The first kappa shape index (κ1) is 13.2. The number of aryl methyl sites for hydroxylation is 1. The van der Waals surface area contributed by atoms with E-state index in [-0.39, 0.29) is 41.9 Å². The largest absolute Gasteiger partial charge is 0.398 e. The summed E-state index contributed by atoms with van der Waals surface area (Å²) in [6, 6.07) is 3.14. The first-order valence-corrected chi connectivity index (χ1v) is 7.18. The van der Waals surface area contributed by atoms with Gasteiger partial charge in [0.2, 0.25) is 0 Å². The maximum absolute atomic E-state index is 12.9. The van der Waals surface area contributed by atoms with Crippen molar-refractivity contribution in [1.82, 2.24) is 9.55 Å². The van der Waals surface area contributed by atoms with E-state index in [1.165, 1.54) is 0 Å². The van der Waals surface area contributed by atoms with Gasteiger partial charge in [0.1, 0.15) is 11.6 Å². The summed E-state index contributed by atoms with van der Waals surface area (Å²) >= 11 is 0. The molecule has 3 rings (SSSR count). The van der Waals surface area contributed by atoms with Gasteiger partial charge in [0.25, 0.3) is 5.56 Å². The molecule has 2 N–H and O–H groups in total. The molecule has 0 aliphatic heterocycles. The molecule has 1 heterocycles. The molecule has 0 spiro atoms. The van der Waals surface area contributed by atoms with Gasteiger partial charge in [-0.05, 0) is 31.9 Å². The normalized spacial score (nSPS) is 23.4. The van der Waals surface area contributed by atoms with E-state index in [1.54, 1.807) is 25.1 Å². The van der Waals surface area contributed by atoms with E-state index in [2.05, 4.69) is 4.98 Å². The summed E-state index contributed by atoms with van der Waals surface area (Å²) in [4.78, 5) is 41.3. The van der Waals surface area contributed by atoms with E-state index in [4.69, 9.17) is 7.10 Å². The van der Waals surface area contributed by atoms with Crippen LogP contribution in [0.5, 0.6) is 0 Å². The number of fused-ring (bicyclic) bond motifs is 1. The van der Waals surface area contributed by atoms with Gasteiger partial charge in [-0.1, -0.05) is 6.07 Å². The summed E-state index contributed by atoms with van der Waals surface area (Å²) in [5, 5.41) is 0.202. The molecule has 0 bridgehead atoms. The Labute approximate surface area is 128 Å². The van der Waals surface area contributed by atoms with Crippen LogP contribution in [0.3, 0.4) is 0 Å². The number of nitrogen functional groups attached to an aromatic ring is 1. The van der Waals surface area contributed by atoms with E-state index in [9.17, 15) is 14.4 Å². The van der Waals surface area contributed by atoms with Gasteiger partial charge in [-0.15, -0.1) is 0 Å². The molecule has 114 valence electrons. The van der Waals surface area contributed by atoms with Crippen LogP contribution in [0.25, 0.3) is 10.9 Å². The van der Waals surface area contributed by atoms with Crippen molar-refractivity contribution in [3.63, 3.8) is 0 Å². The Balaban J connectivity index is 2.31. The molecule has 1 fully saturated rings. The van der Waals surface area contributed by atoms with Crippen LogP contribution in [-0.2, 0) is 9.59 Å². The first-order chi connectivity index (χ1) is 10.8. The third kappa shape index (κ3) is 2.30.